The summed E-state index contributed by atoms with van der Waals surface area (Å²) < 4.78 is 5.18. The number of nitrogens with one attached hydrogen (secondary N) is 1. The van der Waals surface area contributed by atoms with Gasteiger partial charge in [-0.1, -0.05) is 57.5 Å². The molecular weight excluding hydrogens is 446 g/mol. The SMILES string of the molecule is CCC(C)(C)C1CCC2(CC1)NC(=O)N(CC(=O)OCC(=O)N(Cc1ccccc1)C(C)C)C2=O. The minimum Gasteiger partial charge on any atom is -0.454 e. The van der Waals surface area contributed by atoms with E-state index in [9.17, 15) is 19.2 Å². The number of rotatable bonds is 9. The van der Waals surface area contributed by atoms with E-state index in [0.717, 1.165) is 29.7 Å². The van der Waals surface area contributed by atoms with Crippen LogP contribution in [0.3, 0.4) is 0 Å². The van der Waals surface area contributed by atoms with Crippen molar-refractivity contribution in [3.05, 3.63) is 35.9 Å². The van der Waals surface area contributed by atoms with Crippen LogP contribution in [0.2, 0.25) is 0 Å². The van der Waals surface area contributed by atoms with Gasteiger partial charge < -0.3 is 15.0 Å². The minimum atomic E-state index is -0.933. The Bertz CT molecular complexity index is 935. The van der Waals surface area contributed by atoms with Crippen LogP contribution in [0.15, 0.2) is 30.3 Å². The third-order valence-corrected chi connectivity index (χ3v) is 7.88. The Kier molecular flexibility index (Phi) is 8.23. The summed E-state index contributed by atoms with van der Waals surface area (Å²) in [6, 6.07) is 8.92. The van der Waals surface area contributed by atoms with E-state index in [0.29, 0.717) is 25.3 Å². The number of benzene rings is 1. The first-order valence-electron chi connectivity index (χ1n) is 12.6. The lowest BCUT2D eigenvalue weighted by Gasteiger charge is -2.42. The third kappa shape index (κ3) is 6.03. The summed E-state index contributed by atoms with van der Waals surface area (Å²) in [4.78, 5) is 53.5. The Hall–Kier alpha value is -2.90. The molecule has 2 aliphatic rings. The topological polar surface area (TPSA) is 96.0 Å². The van der Waals surface area contributed by atoms with E-state index in [1.165, 1.54) is 0 Å². The number of carbonyl (C=O) groups excluding carboxylic acids is 4. The summed E-state index contributed by atoms with van der Waals surface area (Å²) in [5, 5.41) is 2.84. The van der Waals surface area contributed by atoms with Gasteiger partial charge in [0.25, 0.3) is 11.8 Å². The molecule has 1 heterocycles. The summed E-state index contributed by atoms with van der Waals surface area (Å²) in [5.41, 5.74) is 0.230. The molecule has 1 saturated heterocycles. The normalized spacial score (nSPS) is 22.5. The van der Waals surface area contributed by atoms with Gasteiger partial charge in [0.2, 0.25) is 0 Å². The van der Waals surface area contributed by atoms with Crippen LogP contribution >= 0.6 is 0 Å². The van der Waals surface area contributed by atoms with Crippen LogP contribution in [-0.4, -0.2) is 58.3 Å². The van der Waals surface area contributed by atoms with Crippen LogP contribution in [0.5, 0.6) is 0 Å². The Morgan fingerprint density at radius 2 is 1.80 bits per heavy atom. The van der Waals surface area contributed by atoms with Crippen molar-refractivity contribution >= 4 is 23.8 Å². The molecule has 3 rings (SSSR count). The Morgan fingerprint density at radius 3 is 2.37 bits per heavy atom. The van der Waals surface area contributed by atoms with Crippen molar-refractivity contribution in [2.75, 3.05) is 13.2 Å². The third-order valence-electron chi connectivity index (χ3n) is 7.88. The predicted octanol–water partition coefficient (Wildman–Crippen LogP) is 3.88. The molecule has 1 aromatic rings. The van der Waals surface area contributed by atoms with Gasteiger partial charge in [0, 0.05) is 12.6 Å². The maximum absolute atomic E-state index is 13.2. The quantitative estimate of drug-likeness (QED) is 0.423. The highest BCUT2D eigenvalue weighted by atomic mass is 16.5. The average molecular weight is 486 g/mol. The minimum absolute atomic E-state index is 0.0833. The molecule has 2 fully saturated rings. The second-order valence-electron chi connectivity index (χ2n) is 10.8. The van der Waals surface area contributed by atoms with Crippen molar-refractivity contribution in [3.63, 3.8) is 0 Å². The average Bonchev–Trinajstić information content (AvgIpc) is 3.05. The van der Waals surface area contributed by atoms with E-state index in [-0.39, 0.29) is 23.3 Å². The molecule has 0 aromatic heterocycles. The zero-order valence-electron chi connectivity index (χ0n) is 21.6. The fourth-order valence-electron chi connectivity index (χ4n) is 5.08. The van der Waals surface area contributed by atoms with Crippen LogP contribution in [0.1, 0.15) is 72.3 Å². The standard InChI is InChI=1S/C27H39N3O5/c1-6-26(4,5)21-12-14-27(15-13-21)24(33)30(25(34)28-27)17-23(32)35-18-22(31)29(19(2)3)16-20-10-8-7-9-11-20/h7-11,19,21H,6,12-18H2,1-5H3,(H,28,34). The van der Waals surface area contributed by atoms with Gasteiger partial charge in [0.05, 0.1) is 0 Å². The van der Waals surface area contributed by atoms with Crippen molar-refractivity contribution in [2.45, 2.75) is 84.8 Å². The summed E-state index contributed by atoms with van der Waals surface area (Å²) in [6.07, 6.45) is 3.90. The molecule has 1 saturated carbocycles. The van der Waals surface area contributed by atoms with Crippen LogP contribution in [-0.2, 0) is 25.7 Å². The molecule has 35 heavy (non-hydrogen) atoms. The summed E-state index contributed by atoms with van der Waals surface area (Å²) in [7, 11) is 0. The zero-order valence-corrected chi connectivity index (χ0v) is 21.6. The van der Waals surface area contributed by atoms with Gasteiger partial charge in [0.1, 0.15) is 12.1 Å². The molecule has 1 N–H and O–H groups in total. The molecule has 1 aliphatic heterocycles. The van der Waals surface area contributed by atoms with Crippen molar-refractivity contribution in [1.82, 2.24) is 15.1 Å². The molecule has 0 atom stereocenters. The first-order valence-corrected chi connectivity index (χ1v) is 12.6. The van der Waals surface area contributed by atoms with E-state index in [1.54, 1.807) is 4.90 Å². The van der Waals surface area contributed by atoms with Gasteiger partial charge in [-0.15, -0.1) is 0 Å². The molecule has 1 aliphatic carbocycles. The molecule has 0 unspecified atom stereocenters. The molecule has 0 bridgehead atoms. The maximum atomic E-state index is 13.2. The lowest BCUT2D eigenvalue weighted by Crippen LogP contribution is -2.51. The van der Waals surface area contributed by atoms with E-state index < -0.39 is 30.7 Å². The maximum Gasteiger partial charge on any atom is 0.326 e. The fourth-order valence-corrected chi connectivity index (χ4v) is 5.08. The summed E-state index contributed by atoms with van der Waals surface area (Å²) in [5.74, 6) is -0.982. The van der Waals surface area contributed by atoms with Gasteiger partial charge >= 0.3 is 12.0 Å². The van der Waals surface area contributed by atoms with Crippen LogP contribution < -0.4 is 5.32 Å². The predicted molar refractivity (Wildman–Crippen MR) is 132 cm³/mol. The second kappa shape index (κ2) is 10.8. The first kappa shape index (κ1) is 26.7. The van der Waals surface area contributed by atoms with Gasteiger partial charge in [-0.3, -0.25) is 19.3 Å². The number of urea groups is 1. The van der Waals surface area contributed by atoms with Crippen LogP contribution in [0, 0.1) is 11.3 Å². The van der Waals surface area contributed by atoms with Crippen molar-refractivity contribution < 1.29 is 23.9 Å². The molecule has 1 spiro atoms. The Balaban J connectivity index is 1.54. The molecule has 4 amide bonds. The molecular formula is C27H39N3O5. The summed E-state index contributed by atoms with van der Waals surface area (Å²) in [6.45, 7) is 9.92. The highest BCUT2D eigenvalue weighted by molar-refractivity contribution is 6.08. The molecule has 8 nitrogen and oxygen atoms in total. The Morgan fingerprint density at radius 1 is 1.17 bits per heavy atom. The number of amides is 4. The van der Waals surface area contributed by atoms with Crippen molar-refractivity contribution in [1.29, 1.82) is 0 Å². The lowest BCUT2D eigenvalue weighted by atomic mass is 9.65. The molecule has 8 heteroatoms. The number of imide groups is 1. The van der Waals surface area contributed by atoms with Crippen molar-refractivity contribution in [3.8, 4) is 0 Å². The number of hydrogen-bond acceptors (Lipinski definition) is 5. The monoisotopic (exact) mass is 485 g/mol. The molecule has 192 valence electrons. The zero-order chi connectivity index (χ0) is 25.8. The van der Waals surface area contributed by atoms with Crippen LogP contribution in [0.25, 0.3) is 0 Å². The smallest absolute Gasteiger partial charge is 0.326 e. The number of nitrogens with zero attached hydrogens (tertiary/aromatic N) is 2. The number of hydrogen-bond donors (Lipinski definition) is 1. The molecule has 1 aromatic carbocycles. The number of esters is 1. The fraction of sp³-hybridized carbons (Fsp3) is 0.630. The second-order valence-corrected chi connectivity index (χ2v) is 10.8. The van der Waals surface area contributed by atoms with Crippen molar-refractivity contribution in [2.24, 2.45) is 11.3 Å². The largest absolute Gasteiger partial charge is 0.454 e. The highest BCUT2D eigenvalue weighted by Crippen LogP contribution is 2.45. The molecule has 0 radical (unpaired) electrons. The number of carbonyl (C=O) groups is 4. The lowest BCUT2D eigenvalue weighted by molar-refractivity contribution is -0.154. The van der Waals surface area contributed by atoms with Crippen LogP contribution in [0.4, 0.5) is 4.79 Å². The van der Waals surface area contributed by atoms with E-state index in [2.05, 4.69) is 26.1 Å². The van der Waals surface area contributed by atoms with Gasteiger partial charge in [0.15, 0.2) is 6.61 Å². The van der Waals surface area contributed by atoms with E-state index >= 15 is 0 Å². The summed E-state index contributed by atoms with van der Waals surface area (Å²) >= 11 is 0. The number of ether oxygens (including phenoxy) is 1. The Labute approximate surface area is 208 Å². The van der Waals surface area contributed by atoms with E-state index in [4.69, 9.17) is 4.74 Å². The first-order chi connectivity index (χ1) is 16.5. The van der Waals surface area contributed by atoms with Gasteiger partial charge in [-0.05, 0) is 56.4 Å². The highest BCUT2D eigenvalue weighted by Gasteiger charge is 2.53. The van der Waals surface area contributed by atoms with E-state index in [1.807, 2.05) is 44.2 Å². The van der Waals surface area contributed by atoms with Gasteiger partial charge in [-0.25, -0.2) is 4.79 Å². The van der Waals surface area contributed by atoms with Gasteiger partial charge in [-0.2, -0.15) is 0 Å².